The normalized spacial score (nSPS) is 12.0. The number of hydrogen-bond donors (Lipinski definition) is 0. The number of hydrogen-bond acceptors (Lipinski definition) is 4. The van der Waals surface area contributed by atoms with E-state index < -0.39 is 23.0 Å². The maximum Gasteiger partial charge on any atom is 0.252 e. The lowest BCUT2D eigenvalue weighted by atomic mass is 10.2. The van der Waals surface area contributed by atoms with Crippen LogP contribution >= 0.6 is 11.6 Å². The molecule has 0 spiro atoms. The van der Waals surface area contributed by atoms with Gasteiger partial charge in [0.25, 0.3) is 6.43 Å². The fraction of sp³-hybridized carbons (Fsp3) is 0.500. The Morgan fingerprint density at radius 1 is 1.29 bits per heavy atom. The van der Waals surface area contributed by atoms with Crippen LogP contribution in [0.3, 0.4) is 0 Å². The molecule has 21 heavy (non-hydrogen) atoms. The molecular formula is C12H16ClF2NO4S. The minimum absolute atomic E-state index is 0.0124. The fourth-order valence-electron chi connectivity index (χ4n) is 1.74. The molecule has 0 N–H and O–H groups in total. The van der Waals surface area contributed by atoms with Gasteiger partial charge in [-0.05, 0) is 6.07 Å². The van der Waals surface area contributed by atoms with Crippen molar-refractivity contribution < 1.29 is 26.7 Å². The smallest absolute Gasteiger partial charge is 0.252 e. The summed E-state index contributed by atoms with van der Waals surface area (Å²) < 4.78 is 60.0. The summed E-state index contributed by atoms with van der Waals surface area (Å²) in [5.74, 6) is 0.462. The van der Waals surface area contributed by atoms with Crippen molar-refractivity contribution >= 4 is 21.6 Å². The molecule has 0 unspecified atom stereocenters. The van der Waals surface area contributed by atoms with Crippen molar-refractivity contribution in [3.8, 4) is 11.5 Å². The molecule has 0 fully saturated rings. The van der Waals surface area contributed by atoms with Gasteiger partial charge in [0, 0.05) is 18.7 Å². The molecule has 0 saturated carbocycles. The second kappa shape index (κ2) is 7.24. The Bertz CT molecular complexity index is 570. The van der Waals surface area contributed by atoms with Crippen molar-refractivity contribution in [2.75, 3.05) is 27.8 Å². The average molecular weight is 344 g/mol. The Labute approximate surface area is 127 Å². The van der Waals surface area contributed by atoms with Crippen LogP contribution in [-0.4, -0.2) is 47.0 Å². The monoisotopic (exact) mass is 343 g/mol. The zero-order valence-electron chi connectivity index (χ0n) is 11.8. The van der Waals surface area contributed by atoms with E-state index in [1.165, 1.54) is 26.4 Å². The van der Waals surface area contributed by atoms with Gasteiger partial charge in [0.15, 0.2) is 11.5 Å². The predicted octanol–water partition coefficient (Wildman–Crippen LogP) is 2.33. The number of alkyl halides is 3. The van der Waals surface area contributed by atoms with E-state index in [2.05, 4.69) is 0 Å². The van der Waals surface area contributed by atoms with Crippen LogP contribution in [0.25, 0.3) is 0 Å². The number of halogens is 3. The van der Waals surface area contributed by atoms with Crippen LogP contribution in [0.15, 0.2) is 17.0 Å². The highest BCUT2D eigenvalue weighted by molar-refractivity contribution is 7.89. The molecule has 0 saturated heterocycles. The third kappa shape index (κ3) is 3.96. The number of benzene rings is 1. The van der Waals surface area contributed by atoms with E-state index in [0.717, 1.165) is 7.05 Å². The fourth-order valence-corrected chi connectivity index (χ4v) is 3.15. The maximum absolute atomic E-state index is 12.4. The maximum atomic E-state index is 12.4. The van der Waals surface area contributed by atoms with Crippen molar-refractivity contribution in [2.45, 2.75) is 17.2 Å². The molecule has 0 atom stereocenters. The summed E-state index contributed by atoms with van der Waals surface area (Å²) >= 11 is 5.76. The Hall–Kier alpha value is -1.12. The van der Waals surface area contributed by atoms with Crippen LogP contribution in [0.2, 0.25) is 0 Å². The van der Waals surface area contributed by atoms with E-state index in [9.17, 15) is 17.2 Å². The van der Waals surface area contributed by atoms with E-state index >= 15 is 0 Å². The SMILES string of the molecule is COc1cc(S(=O)(=O)N(C)CC(F)F)cc(CCl)c1OC. The Balaban J connectivity index is 3.36. The summed E-state index contributed by atoms with van der Waals surface area (Å²) in [6, 6.07) is 2.50. The van der Waals surface area contributed by atoms with Crippen LogP contribution in [0.4, 0.5) is 8.78 Å². The zero-order valence-corrected chi connectivity index (χ0v) is 13.3. The quantitative estimate of drug-likeness (QED) is 0.713. The number of ether oxygens (including phenoxy) is 2. The third-order valence-corrected chi connectivity index (χ3v) is 4.87. The molecule has 120 valence electrons. The Morgan fingerprint density at radius 3 is 2.33 bits per heavy atom. The molecule has 9 heteroatoms. The average Bonchev–Trinajstić information content (AvgIpc) is 2.44. The van der Waals surface area contributed by atoms with E-state index in [4.69, 9.17) is 21.1 Å². The minimum atomic E-state index is -4.07. The van der Waals surface area contributed by atoms with Crippen LogP contribution in [0.1, 0.15) is 5.56 Å². The summed E-state index contributed by atoms with van der Waals surface area (Å²) in [5.41, 5.74) is 0.391. The van der Waals surface area contributed by atoms with Gasteiger partial charge in [-0.1, -0.05) is 0 Å². The van der Waals surface area contributed by atoms with E-state index in [1.807, 2.05) is 0 Å². The molecule has 0 aliphatic heterocycles. The van der Waals surface area contributed by atoms with Crippen molar-refractivity contribution in [2.24, 2.45) is 0 Å². The van der Waals surface area contributed by atoms with Gasteiger partial charge in [-0.15, -0.1) is 11.6 Å². The molecule has 5 nitrogen and oxygen atoms in total. The molecule has 0 aromatic heterocycles. The number of nitrogens with zero attached hydrogens (tertiary/aromatic N) is 1. The first kappa shape index (κ1) is 17.9. The second-order valence-corrected chi connectivity index (χ2v) is 6.44. The third-order valence-electron chi connectivity index (χ3n) is 2.78. The van der Waals surface area contributed by atoms with Gasteiger partial charge in [-0.2, -0.15) is 4.31 Å². The van der Waals surface area contributed by atoms with E-state index in [-0.39, 0.29) is 16.5 Å². The van der Waals surface area contributed by atoms with E-state index in [0.29, 0.717) is 15.6 Å². The van der Waals surface area contributed by atoms with Gasteiger partial charge >= 0.3 is 0 Å². The van der Waals surface area contributed by atoms with Crippen molar-refractivity contribution in [1.29, 1.82) is 0 Å². The number of rotatable bonds is 7. The van der Waals surface area contributed by atoms with Crippen molar-refractivity contribution in [1.82, 2.24) is 4.31 Å². The van der Waals surface area contributed by atoms with Gasteiger partial charge in [-0.3, -0.25) is 0 Å². The Morgan fingerprint density at radius 2 is 1.90 bits per heavy atom. The van der Waals surface area contributed by atoms with Crippen LogP contribution in [0, 0.1) is 0 Å². The molecule has 0 heterocycles. The second-order valence-electron chi connectivity index (χ2n) is 4.13. The lowest BCUT2D eigenvalue weighted by Crippen LogP contribution is -2.31. The van der Waals surface area contributed by atoms with Gasteiger partial charge in [0.2, 0.25) is 10.0 Å². The van der Waals surface area contributed by atoms with Gasteiger partial charge in [0.1, 0.15) is 0 Å². The zero-order chi connectivity index (χ0) is 16.2. The highest BCUT2D eigenvalue weighted by Crippen LogP contribution is 2.35. The van der Waals surface area contributed by atoms with E-state index in [1.54, 1.807) is 0 Å². The first-order valence-corrected chi connectivity index (χ1v) is 7.80. The summed E-state index contributed by atoms with van der Waals surface area (Å²) in [5, 5.41) is 0. The molecule has 0 aliphatic rings. The van der Waals surface area contributed by atoms with Crippen molar-refractivity contribution in [3.63, 3.8) is 0 Å². The number of methoxy groups -OCH3 is 2. The highest BCUT2D eigenvalue weighted by Gasteiger charge is 2.26. The molecule has 0 amide bonds. The minimum Gasteiger partial charge on any atom is -0.493 e. The molecule has 1 rings (SSSR count). The first-order chi connectivity index (χ1) is 9.77. The summed E-state index contributed by atoms with van der Waals surface area (Å²) in [4.78, 5) is -0.182. The molecule has 1 aromatic carbocycles. The van der Waals surface area contributed by atoms with Gasteiger partial charge < -0.3 is 9.47 Å². The van der Waals surface area contributed by atoms with Gasteiger partial charge in [0.05, 0.1) is 31.5 Å². The summed E-state index contributed by atoms with van der Waals surface area (Å²) in [6.45, 7) is -0.896. The highest BCUT2D eigenvalue weighted by atomic mass is 35.5. The van der Waals surface area contributed by atoms with Crippen LogP contribution in [-0.2, 0) is 15.9 Å². The lowest BCUT2D eigenvalue weighted by Gasteiger charge is -2.19. The Kier molecular flexibility index (Phi) is 6.18. The molecular weight excluding hydrogens is 328 g/mol. The van der Waals surface area contributed by atoms with Crippen molar-refractivity contribution in [3.05, 3.63) is 17.7 Å². The van der Waals surface area contributed by atoms with Crippen LogP contribution in [0.5, 0.6) is 11.5 Å². The summed E-state index contributed by atoms with van der Waals surface area (Å²) in [7, 11) is -0.247. The lowest BCUT2D eigenvalue weighted by molar-refractivity contribution is 0.126. The largest absolute Gasteiger partial charge is 0.493 e. The summed E-state index contributed by atoms with van der Waals surface area (Å²) in [6.07, 6.45) is -2.77. The predicted molar refractivity (Wildman–Crippen MR) is 74.9 cm³/mol. The number of sulfonamides is 1. The molecule has 0 bridgehead atoms. The molecule has 1 aromatic rings. The van der Waals surface area contributed by atoms with Crippen LogP contribution < -0.4 is 9.47 Å². The molecule has 0 aliphatic carbocycles. The molecule has 0 radical (unpaired) electrons. The first-order valence-electron chi connectivity index (χ1n) is 5.83. The topological polar surface area (TPSA) is 55.8 Å². The standard InChI is InChI=1S/C12H16ClF2NO4S/c1-16(7-11(14)15)21(17,18)9-4-8(6-13)12(20-3)10(5-9)19-2/h4-5,11H,6-7H2,1-3H3. The van der Waals surface area contributed by atoms with Gasteiger partial charge in [-0.25, -0.2) is 17.2 Å².